The lowest BCUT2D eigenvalue weighted by atomic mass is 9.86. The van der Waals surface area contributed by atoms with Crippen molar-refractivity contribution in [1.29, 1.82) is 0 Å². The molecule has 0 fully saturated rings. The molecule has 2 atom stereocenters. The molecule has 2 aliphatic heterocycles. The first-order valence-corrected chi connectivity index (χ1v) is 9.63. The number of phenols is 2. The van der Waals surface area contributed by atoms with Gasteiger partial charge >= 0.3 is 0 Å². The largest absolute Gasteiger partial charge is 0.504 e. The van der Waals surface area contributed by atoms with Crippen LogP contribution < -0.4 is 18.9 Å². The number of methoxy groups -OCH3 is 2. The molecule has 0 unspecified atom stereocenters. The van der Waals surface area contributed by atoms with E-state index in [9.17, 15) is 10.2 Å². The van der Waals surface area contributed by atoms with Crippen LogP contribution >= 0.6 is 0 Å². The molecule has 2 aromatic rings. The number of fused-ring (bicyclic) bond motifs is 3. The number of hydrogen-bond acceptors (Lipinski definition) is 6. The van der Waals surface area contributed by atoms with Crippen LogP contribution in [-0.4, -0.2) is 37.1 Å². The summed E-state index contributed by atoms with van der Waals surface area (Å²) in [6, 6.07) is 3.24. The summed E-state index contributed by atoms with van der Waals surface area (Å²) in [5.41, 5.74) is 4.76. The SMILES string of the molecule is C=C(C)[C@@H]1Cc2c(c(C)c(OC)c3c2OC[C@H](c2ccc(O)c(O)c2OC)C3)O1. The lowest BCUT2D eigenvalue weighted by molar-refractivity contribution is 0.250. The summed E-state index contributed by atoms with van der Waals surface area (Å²) in [6.07, 6.45) is 1.33. The standard InChI is InChI=1S/C23H26O6/c1-11(2)18-9-16-21(29-18)12(3)20(26-4)15-8-13(10-28-22(15)16)14-6-7-17(24)19(25)23(14)27-5/h6-7,13,18,24-25H,1,8-10H2,2-5H3/t13-,18+/m1/s1. The van der Waals surface area contributed by atoms with Gasteiger partial charge in [-0.1, -0.05) is 12.6 Å². The summed E-state index contributed by atoms with van der Waals surface area (Å²) in [5.74, 6) is 2.14. The molecular weight excluding hydrogens is 372 g/mol. The van der Waals surface area contributed by atoms with Gasteiger partial charge in [0, 0.05) is 34.6 Å². The topological polar surface area (TPSA) is 77.4 Å². The highest BCUT2D eigenvalue weighted by atomic mass is 16.5. The van der Waals surface area contributed by atoms with Crippen LogP contribution in [0.25, 0.3) is 0 Å². The highest BCUT2D eigenvalue weighted by molar-refractivity contribution is 5.66. The van der Waals surface area contributed by atoms with Crippen LogP contribution in [0.2, 0.25) is 0 Å². The third-order valence-corrected chi connectivity index (χ3v) is 5.84. The van der Waals surface area contributed by atoms with Crippen molar-refractivity contribution < 1.29 is 29.2 Å². The normalized spacial score (nSPS) is 19.6. The Morgan fingerprint density at radius 1 is 1.07 bits per heavy atom. The molecule has 0 radical (unpaired) electrons. The summed E-state index contributed by atoms with van der Waals surface area (Å²) in [7, 11) is 3.12. The summed E-state index contributed by atoms with van der Waals surface area (Å²) in [5, 5.41) is 20.0. The van der Waals surface area contributed by atoms with Crippen molar-refractivity contribution in [2.75, 3.05) is 20.8 Å². The number of aromatic hydroxyl groups is 2. The summed E-state index contributed by atoms with van der Waals surface area (Å²) >= 11 is 0. The van der Waals surface area contributed by atoms with Gasteiger partial charge in [-0.15, -0.1) is 0 Å². The fourth-order valence-corrected chi connectivity index (χ4v) is 4.37. The van der Waals surface area contributed by atoms with Crippen molar-refractivity contribution in [2.24, 2.45) is 0 Å². The number of benzene rings is 2. The van der Waals surface area contributed by atoms with Gasteiger partial charge in [0.15, 0.2) is 11.5 Å². The Morgan fingerprint density at radius 3 is 2.45 bits per heavy atom. The molecule has 0 saturated carbocycles. The third kappa shape index (κ3) is 2.94. The summed E-state index contributed by atoms with van der Waals surface area (Å²) in [6.45, 7) is 8.42. The van der Waals surface area contributed by atoms with Crippen molar-refractivity contribution >= 4 is 0 Å². The Kier molecular flexibility index (Phi) is 4.73. The Balaban J connectivity index is 1.78. The van der Waals surface area contributed by atoms with Crippen molar-refractivity contribution in [2.45, 2.75) is 38.7 Å². The smallest absolute Gasteiger partial charge is 0.200 e. The lowest BCUT2D eigenvalue weighted by Crippen LogP contribution is -2.21. The first-order valence-electron chi connectivity index (χ1n) is 9.63. The third-order valence-electron chi connectivity index (χ3n) is 5.84. The fourth-order valence-electron chi connectivity index (χ4n) is 4.37. The molecule has 0 aliphatic carbocycles. The van der Waals surface area contributed by atoms with E-state index in [1.54, 1.807) is 13.2 Å². The lowest BCUT2D eigenvalue weighted by Gasteiger charge is -2.30. The molecule has 0 saturated heterocycles. The van der Waals surface area contributed by atoms with Gasteiger partial charge in [0.2, 0.25) is 5.75 Å². The van der Waals surface area contributed by atoms with Gasteiger partial charge in [-0.3, -0.25) is 0 Å². The van der Waals surface area contributed by atoms with E-state index in [1.807, 2.05) is 13.8 Å². The molecule has 4 rings (SSSR count). The van der Waals surface area contributed by atoms with Gasteiger partial charge in [0.25, 0.3) is 0 Å². The average molecular weight is 398 g/mol. The molecule has 2 aromatic carbocycles. The second-order valence-corrected chi connectivity index (χ2v) is 7.70. The molecule has 2 aliphatic rings. The second-order valence-electron chi connectivity index (χ2n) is 7.70. The highest BCUT2D eigenvalue weighted by Gasteiger charge is 2.37. The molecule has 154 valence electrons. The van der Waals surface area contributed by atoms with Gasteiger partial charge in [-0.2, -0.15) is 0 Å². The van der Waals surface area contributed by atoms with Crippen LogP contribution in [0, 0.1) is 6.92 Å². The van der Waals surface area contributed by atoms with Crippen molar-refractivity contribution in [1.82, 2.24) is 0 Å². The van der Waals surface area contributed by atoms with E-state index in [0.29, 0.717) is 13.0 Å². The van der Waals surface area contributed by atoms with E-state index < -0.39 is 0 Å². The van der Waals surface area contributed by atoms with Crippen molar-refractivity contribution in [3.05, 3.63) is 46.5 Å². The molecule has 0 aromatic heterocycles. The Hall–Kier alpha value is -3.02. The molecule has 0 amide bonds. The zero-order chi connectivity index (χ0) is 20.9. The molecule has 2 N–H and O–H groups in total. The van der Waals surface area contributed by atoms with Crippen LogP contribution in [0.15, 0.2) is 24.3 Å². The van der Waals surface area contributed by atoms with Gasteiger partial charge < -0.3 is 29.2 Å². The minimum Gasteiger partial charge on any atom is -0.504 e. The zero-order valence-corrected chi connectivity index (χ0v) is 17.2. The van der Waals surface area contributed by atoms with E-state index in [-0.39, 0.29) is 29.3 Å². The maximum atomic E-state index is 10.2. The highest BCUT2D eigenvalue weighted by Crippen LogP contribution is 2.52. The fraction of sp³-hybridized carbons (Fsp3) is 0.391. The number of hydrogen-bond donors (Lipinski definition) is 2. The molecule has 6 heteroatoms. The molecule has 0 bridgehead atoms. The van der Waals surface area contributed by atoms with Gasteiger partial charge in [-0.25, -0.2) is 0 Å². The average Bonchev–Trinajstić information content (AvgIpc) is 3.16. The van der Waals surface area contributed by atoms with Crippen molar-refractivity contribution in [3.63, 3.8) is 0 Å². The Bertz CT molecular complexity index is 994. The molecule has 6 nitrogen and oxygen atoms in total. The quantitative estimate of drug-likeness (QED) is 0.598. The maximum Gasteiger partial charge on any atom is 0.200 e. The van der Waals surface area contributed by atoms with E-state index in [0.717, 1.165) is 51.5 Å². The van der Waals surface area contributed by atoms with E-state index >= 15 is 0 Å². The Labute approximate surface area is 170 Å². The van der Waals surface area contributed by atoms with E-state index in [1.165, 1.54) is 13.2 Å². The summed E-state index contributed by atoms with van der Waals surface area (Å²) in [4.78, 5) is 0. The number of rotatable bonds is 4. The van der Waals surface area contributed by atoms with Crippen LogP contribution in [0.4, 0.5) is 0 Å². The van der Waals surface area contributed by atoms with Gasteiger partial charge in [0.05, 0.1) is 20.8 Å². The predicted molar refractivity (Wildman–Crippen MR) is 109 cm³/mol. The number of phenolic OH excluding ortho intramolecular Hbond substituents is 2. The minimum absolute atomic E-state index is 0.0598. The Morgan fingerprint density at radius 2 is 1.79 bits per heavy atom. The second kappa shape index (κ2) is 7.10. The zero-order valence-electron chi connectivity index (χ0n) is 17.2. The first-order chi connectivity index (χ1) is 13.9. The molecular formula is C23H26O6. The van der Waals surface area contributed by atoms with Gasteiger partial charge in [0.1, 0.15) is 23.4 Å². The van der Waals surface area contributed by atoms with Crippen LogP contribution in [0.5, 0.6) is 34.5 Å². The minimum atomic E-state index is -0.259. The number of ether oxygens (including phenoxy) is 4. The molecule has 0 spiro atoms. The van der Waals surface area contributed by atoms with Crippen molar-refractivity contribution in [3.8, 4) is 34.5 Å². The predicted octanol–water partition coefficient (Wildman–Crippen LogP) is 4.02. The van der Waals surface area contributed by atoms with E-state index in [2.05, 4.69) is 6.58 Å². The van der Waals surface area contributed by atoms with Crippen LogP contribution in [0.1, 0.15) is 35.1 Å². The summed E-state index contributed by atoms with van der Waals surface area (Å²) < 4.78 is 23.5. The molecule has 29 heavy (non-hydrogen) atoms. The van der Waals surface area contributed by atoms with E-state index in [4.69, 9.17) is 18.9 Å². The van der Waals surface area contributed by atoms with Gasteiger partial charge in [-0.05, 0) is 31.9 Å². The monoisotopic (exact) mass is 398 g/mol. The van der Waals surface area contributed by atoms with Crippen LogP contribution in [-0.2, 0) is 12.8 Å². The first kappa shape index (κ1) is 19.3. The maximum absolute atomic E-state index is 10.2. The molecule has 2 heterocycles. The van der Waals surface area contributed by atoms with Crippen LogP contribution in [0.3, 0.4) is 0 Å².